The third-order valence-corrected chi connectivity index (χ3v) is 6.70. The summed E-state index contributed by atoms with van der Waals surface area (Å²) in [6.07, 6.45) is 4.70. The number of likely N-dealkylation sites (tertiary alicyclic amines) is 1. The fourth-order valence-electron chi connectivity index (χ4n) is 4.09. The van der Waals surface area contributed by atoms with Crippen molar-refractivity contribution in [1.29, 1.82) is 0 Å². The first-order valence-electron chi connectivity index (χ1n) is 9.72. The molecule has 4 rings (SSSR count). The molecule has 0 spiro atoms. The van der Waals surface area contributed by atoms with Crippen molar-refractivity contribution in [2.24, 2.45) is 0 Å². The highest BCUT2D eigenvalue weighted by Gasteiger charge is 2.30. The minimum atomic E-state index is -0.0979. The second kappa shape index (κ2) is 7.96. The van der Waals surface area contributed by atoms with Crippen molar-refractivity contribution in [3.63, 3.8) is 0 Å². The van der Waals surface area contributed by atoms with Gasteiger partial charge in [-0.15, -0.1) is 11.3 Å². The predicted molar refractivity (Wildman–Crippen MR) is 100 cm³/mol. The fraction of sp³-hybridized carbons (Fsp3) is 0.684. The Kier molecular flexibility index (Phi) is 5.45. The Bertz CT molecular complexity index is 648. The van der Waals surface area contributed by atoms with Crippen LogP contribution in [-0.4, -0.2) is 72.5 Å². The monoisotopic (exact) mass is 377 g/mol. The van der Waals surface area contributed by atoms with Gasteiger partial charge in [-0.05, 0) is 42.7 Å². The van der Waals surface area contributed by atoms with Crippen molar-refractivity contribution >= 4 is 23.3 Å². The largest absolute Gasteiger partial charge is 0.372 e. The molecule has 1 aromatic rings. The highest BCUT2D eigenvalue weighted by Crippen LogP contribution is 2.34. The van der Waals surface area contributed by atoms with Gasteiger partial charge in [0.25, 0.3) is 0 Å². The van der Waals surface area contributed by atoms with E-state index in [0.29, 0.717) is 39.2 Å². The highest BCUT2D eigenvalue weighted by molar-refractivity contribution is 7.10. The van der Waals surface area contributed by atoms with E-state index in [0.717, 1.165) is 32.4 Å². The van der Waals surface area contributed by atoms with Gasteiger partial charge in [0.05, 0.1) is 13.0 Å². The summed E-state index contributed by atoms with van der Waals surface area (Å²) in [5.74, 6) is 0.140. The van der Waals surface area contributed by atoms with Gasteiger partial charge in [-0.1, -0.05) is 0 Å². The number of piperidine rings is 1. The zero-order valence-corrected chi connectivity index (χ0v) is 16.0. The smallest absolute Gasteiger partial charge is 0.320 e. The lowest BCUT2D eigenvalue weighted by Crippen LogP contribution is -2.54. The van der Waals surface area contributed by atoms with Crippen LogP contribution in [0.3, 0.4) is 0 Å². The number of rotatable bonds is 2. The number of hydrogen-bond acceptors (Lipinski definition) is 4. The summed E-state index contributed by atoms with van der Waals surface area (Å²) < 4.78 is 5.85. The summed E-state index contributed by atoms with van der Waals surface area (Å²) in [6.45, 7) is 4.97. The van der Waals surface area contributed by atoms with Crippen LogP contribution in [0.1, 0.15) is 42.2 Å². The van der Waals surface area contributed by atoms with Crippen molar-refractivity contribution in [3.8, 4) is 0 Å². The summed E-state index contributed by atoms with van der Waals surface area (Å²) in [5, 5.41) is 2.09. The molecule has 0 aliphatic carbocycles. The molecule has 6 nitrogen and oxygen atoms in total. The summed E-state index contributed by atoms with van der Waals surface area (Å²) >= 11 is 1.69. The molecule has 0 bridgehead atoms. The maximum atomic E-state index is 12.7. The maximum absolute atomic E-state index is 12.7. The Morgan fingerprint density at radius 3 is 2.46 bits per heavy atom. The third kappa shape index (κ3) is 3.74. The van der Waals surface area contributed by atoms with Crippen LogP contribution in [0.2, 0.25) is 0 Å². The zero-order chi connectivity index (χ0) is 17.9. The molecule has 1 aromatic heterocycles. The number of ether oxygens (including phenoxy) is 1. The molecule has 3 amide bonds. The fourth-order valence-corrected chi connectivity index (χ4v) is 5.10. The summed E-state index contributed by atoms with van der Waals surface area (Å²) in [4.78, 5) is 32.3. The second-order valence-corrected chi connectivity index (χ2v) is 8.27. The zero-order valence-electron chi connectivity index (χ0n) is 15.2. The van der Waals surface area contributed by atoms with E-state index in [-0.39, 0.29) is 18.0 Å². The summed E-state index contributed by atoms with van der Waals surface area (Å²) in [6, 6.07) is 2.29. The number of fused-ring (bicyclic) bond motifs is 1. The van der Waals surface area contributed by atoms with Crippen LogP contribution in [0.5, 0.6) is 0 Å². The first-order valence-corrected chi connectivity index (χ1v) is 10.6. The maximum Gasteiger partial charge on any atom is 0.320 e. The Labute approximate surface area is 158 Å². The summed E-state index contributed by atoms with van der Waals surface area (Å²) in [7, 11) is 0. The molecule has 3 aliphatic heterocycles. The van der Waals surface area contributed by atoms with Crippen molar-refractivity contribution in [2.75, 3.05) is 45.9 Å². The molecule has 142 valence electrons. The van der Waals surface area contributed by atoms with E-state index >= 15 is 0 Å². The van der Waals surface area contributed by atoms with Crippen LogP contribution in [0.15, 0.2) is 11.4 Å². The van der Waals surface area contributed by atoms with Gasteiger partial charge >= 0.3 is 6.03 Å². The van der Waals surface area contributed by atoms with Crippen molar-refractivity contribution in [3.05, 3.63) is 21.9 Å². The molecule has 2 fully saturated rings. The molecule has 7 heteroatoms. The Morgan fingerprint density at radius 2 is 1.69 bits per heavy atom. The van der Waals surface area contributed by atoms with Gasteiger partial charge in [0, 0.05) is 44.1 Å². The normalized spacial score (nSPS) is 23.7. The number of carbonyl (C=O) groups excluding carboxylic acids is 2. The van der Waals surface area contributed by atoms with Crippen molar-refractivity contribution in [2.45, 2.75) is 38.2 Å². The average Bonchev–Trinajstić information content (AvgIpc) is 3.18. The first kappa shape index (κ1) is 17.8. The van der Waals surface area contributed by atoms with E-state index in [1.807, 2.05) is 14.7 Å². The Morgan fingerprint density at radius 1 is 1.00 bits per heavy atom. The molecule has 0 N–H and O–H groups in total. The van der Waals surface area contributed by atoms with Crippen LogP contribution < -0.4 is 0 Å². The minimum absolute atomic E-state index is 0.0979. The number of hydrogen-bond donors (Lipinski definition) is 0. The molecule has 26 heavy (non-hydrogen) atoms. The first-order chi connectivity index (χ1) is 12.7. The quantitative estimate of drug-likeness (QED) is 0.796. The molecule has 0 aromatic carbocycles. The van der Waals surface area contributed by atoms with E-state index in [4.69, 9.17) is 4.74 Å². The number of piperazine rings is 1. The second-order valence-electron chi connectivity index (χ2n) is 7.32. The number of carbonyl (C=O) groups is 2. The molecule has 1 unspecified atom stereocenters. The van der Waals surface area contributed by atoms with E-state index in [1.54, 1.807) is 11.3 Å². The van der Waals surface area contributed by atoms with Crippen LogP contribution in [0.25, 0.3) is 0 Å². The lowest BCUT2D eigenvalue weighted by atomic mass is 10.0. The van der Waals surface area contributed by atoms with Crippen LogP contribution in [-0.2, 0) is 16.0 Å². The topological polar surface area (TPSA) is 53.1 Å². The van der Waals surface area contributed by atoms with E-state index in [9.17, 15) is 9.59 Å². The van der Waals surface area contributed by atoms with Crippen molar-refractivity contribution < 1.29 is 14.3 Å². The van der Waals surface area contributed by atoms with Crippen LogP contribution in [0, 0.1) is 0 Å². The molecule has 3 aliphatic rings. The van der Waals surface area contributed by atoms with Gasteiger partial charge in [0.15, 0.2) is 0 Å². The molecular weight excluding hydrogens is 350 g/mol. The molecule has 0 radical (unpaired) electrons. The Hall–Kier alpha value is -1.60. The molecule has 4 heterocycles. The minimum Gasteiger partial charge on any atom is -0.372 e. The number of amides is 3. The van der Waals surface area contributed by atoms with E-state index < -0.39 is 0 Å². The molecular formula is C19H27N3O3S. The third-order valence-electron chi connectivity index (χ3n) is 5.65. The van der Waals surface area contributed by atoms with Crippen molar-refractivity contribution in [1.82, 2.24) is 14.7 Å². The highest BCUT2D eigenvalue weighted by atomic mass is 32.1. The van der Waals surface area contributed by atoms with Gasteiger partial charge in [-0.2, -0.15) is 0 Å². The van der Waals surface area contributed by atoms with Crippen LogP contribution >= 0.6 is 11.3 Å². The molecule has 2 saturated heterocycles. The summed E-state index contributed by atoms with van der Waals surface area (Å²) in [5.41, 5.74) is 1.33. The molecule has 0 saturated carbocycles. The predicted octanol–water partition coefficient (Wildman–Crippen LogP) is 2.50. The van der Waals surface area contributed by atoms with Gasteiger partial charge in [-0.25, -0.2) is 4.79 Å². The van der Waals surface area contributed by atoms with E-state index in [1.165, 1.54) is 16.9 Å². The number of urea groups is 1. The van der Waals surface area contributed by atoms with Gasteiger partial charge in [0.2, 0.25) is 5.91 Å². The molecule has 1 atom stereocenters. The van der Waals surface area contributed by atoms with E-state index in [2.05, 4.69) is 11.4 Å². The standard InChI is InChI=1S/C19H27N3O3S/c23-17(14-16-18-15(4-12-25-16)5-13-26-18)20-8-10-22(11-9-20)19(24)21-6-2-1-3-7-21/h5,13,16H,1-4,6-12,14H2. The number of nitrogens with zero attached hydrogens (tertiary/aromatic N) is 3. The van der Waals surface area contributed by atoms with Gasteiger partial charge in [-0.3, -0.25) is 4.79 Å². The SMILES string of the molecule is O=C(CC1OCCc2ccsc21)N1CCN(C(=O)N2CCCCC2)CC1. The van der Waals surface area contributed by atoms with Gasteiger partial charge in [0.1, 0.15) is 6.10 Å². The Balaban J connectivity index is 1.28. The average molecular weight is 378 g/mol. The number of thiophene rings is 1. The lowest BCUT2D eigenvalue weighted by Gasteiger charge is -2.39. The van der Waals surface area contributed by atoms with Crippen LogP contribution in [0.4, 0.5) is 4.79 Å². The van der Waals surface area contributed by atoms with Gasteiger partial charge < -0.3 is 19.4 Å². The lowest BCUT2D eigenvalue weighted by molar-refractivity contribution is -0.136.